The maximum absolute atomic E-state index is 11.5. The lowest BCUT2D eigenvalue weighted by molar-refractivity contribution is 0.117. The van der Waals surface area contributed by atoms with Crippen molar-refractivity contribution in [3.8, 4) is 5.75 Å². The third kappa shape index (κ3) is 4.80. The summed E-state index contributed by atoms with van der Waals surface area (Å²) < 4.78 is 7.20. The van der Waals surface area contributed by atoms with Gasteiger partial charge in [0.15, 0.2) is 0 Å². The molecule has 1 fully saturated rings. The molecule has 1 N–H and O–H groups in total. The number of rotatable bonds is 7. The fourth-order valence-electron chi connectivity index (χ4n) is 4.14. The number of hydrogen-bond donors (Lipinski definition) is 1. The molecule has 2 aromatic carbocycles. The van der Waals surface area contributed by atoms with Gasteiger partial charge in [-0.1, -0.05) is 6.07 Å². The summed E-state index contributed by atoms with van der Waals surface area (Å²) in [7, 11) is 0. The molecule has 7 heteroatoms. The van der Waals surface area contributed by atoms with Crippen molar-refractivity contribution in [2.45, 2.75) is 12.8 Å². The molecule has 2 aromatic heterocycles. The topological polar surface area (TPSA) is 57.8 Å². The predicted octanol–water partition coefficient (Wildman–Crippen LogP) is 4.66. The summed E-state index contributed by atoms with van der Waals surface area (Å²) in [5, 5.41) is 6.46. The van der Waals surface area contributed by atoms with Crippen LogP contribution in [-0.2, 0) is 4.84 Å². The zero-order valence-corrected chi connectivity index (χ0v) is 18.8. The third-order valence-electron chi connectivity index (χ3n) is 5.85. The van der Waals surface area contributed by atoms with Crippen molar-refractivity contribution < 1.29 is 9.57 Å². The maximum Gasteiger partial charge on any atom is 0.248 e. The second kappa shape index (κ2) is 9.73. The van der Waals surface area contributed by atoms with E-state index in [2.05, 4.69) is 44.6 Å². The lowest BCUT2D eigenvalue weighted by atomic mass is 10.2. The van der Waals surface area contributed by atoms with E-state index in [9.17, 15) is 4.79 Å². The normalized spacial score (nSPS) is 15.3. The van der Waals surface area contributed by atoms with Crippen LogP contribution in [0.25, 0.3) is 21.0 Å². The summed E-state index contributed by atoms with van der Waals surface area (Å²) in [6, 6.07) is 17.8. The van der Waals surface area contributed by atoms with Crippen LogP contribution in [0.15, 0.2) is 64.8 Å². The number of benzene rings is 2. The Morgan fingerprint density at radius 2 is 1.97 bits per heavy atom. The van der Waals surface area contributed by atoms with Gasteiger partial charge < -0.3 is 9.72 Å². The smallest absolute Gasteiger partial charge is 0.248 e. The van der Waals surface area contributed by atoms with E-state index >= 15 is 0 Å². The highest BCUT2D eigenvalue weighted by atomic mass is 32.1. The molecule has 0 bridgehead atoms. The second-order valence-electron chi connectivity index (χ2n) is 8.01. The van der Waals surface area contributed by atoms with Crippen LogP contribution in [0.3, 0.4) is 0 Å². The van der Waals surface area contributed by atoms with Crippen LogP contribution in [0.1, 0.15) is 12.8 Å². The molecule has 0 aliphatic carbocycles. The predicted molar refractivity (Wildman–Crippen MR) is 131 cm³/mol. The van der Waals surface area contributed by atoms with Crippen LogP contribution < -0.4 is 15.4 Å². The molecule has 0 unspecified atom stereocenters. The van der Waals surface area contributed by atoms with Gasteiger partial charge in [0.05, 0.1) is 31.0 Å². The fourth-order valence-corrected chi connectivity index (χ4v) is 4.95. The number of ether oxygens (including phenoxy) is 1. The van der Waals surface area contributed by atoms with Crippen LogP contribution in [0.5, 0.6) is 5.75 Å². The molecule has 4 aromatic rings. The second-order valence-corrected chi connectivity index (χ2v) is 8.96. The van der Waals surface area contributed by atoms with Gasteiger partial charge in [0.25, 0.3) is 0 Å². The first-order valence-corrected chi connectivity index (χ1v) is 12.0. The Hall–Kier alpha value is -2.87. The van der Waals surface area contributed by atoms with Crippen molar-refractivity contribution >= 4 is 38.0 Å². The highest BCUT2D eigenvalue weighted by molar-refractivity contribution is 7.17. The van der Waals surface area contributed by atoms with Gasteiger partial charge in [-0.3, -0.25) is 19.6 Å². The Morgan fingerprint density at radius 3 is 2.94 bits per heavy atom. The highest BCUT2D eigenvalue weighted by Crippen LogP contribution is 2.31. The minimum Gasteiger partial charge on any atom is -0.494 e. The third-order valence-corrected chi connectivity index (χ3v) is 6.73. The summed E-state index contributed by atoms with van der Waals surface area (Å²) in [5.74, 6) is 0.792. The van der Waals surface area contributed by atoms with Crippen LogP contribution in [0, 0.1) is 0 Å². The number of aromatic amines is 1. The lowest BCUT2D eigenvalue weighted by Gasteiger charge is -2.22. The van der Waals surface area contributed by atoms with Crippen LogP contribution >= 0.6 is 11.3 Å². The molecular weight excluding hydrogens is 422 g/mol. The van der Waals surface area contributed by atoms with Crippen LogP contribution in [-0.4, -0.2) is 49.3 Å². The Bertz CT molecular complexity index is 1250. The number of H-pyrrole nitrogens is 1. The molecule has 1 saturated heterocycles. The lowest BCUT2D eigenvalue weighted by Crippen LogP contribution is -2.31. The molecular formula is C25H27N3O3S. The quantitative estimate of drug-likeness (QED) is 0.416. The van der Waals surface area contributed by atoms with Gasteiger partial charge in [-0.05, 0) is 66.6 Å². The van der Waals surface area contributed by atoms with Gasteiger partial charge in [0.1, 0.15) is 5.75 Å². The Morgan fingerprint density at radius 1 is 1.03 bits per heavy atom. The van der Waals surface area contributed by atoms with E-state index in [-0.39, 0.29) is 5.56 Å². The number of nitrogens with zero attached hydrogens (tertiary/aromatic N) is 2. The number of aromatic nitrogens is 1. The van der Waals surface area contributed by atoms with E-state index < -0.39 is 0 Å². The van der Waals surface area contributed by atoms with E-state index in [1.807, 2.05) is 24.3 Å². The number of pyridine rings is 1. The number of fused-ring (bicyclic) bond motifs is 2. The highest BCUT2D eigenvalue weighted by Gasteiger charge is 2.17. The minimum absolute atomic E-state index is 0.0957. The summed E-state index contributed by atoms with van der Waals surface area (Å²) in [4.78, 5) is 22.9. The van der Waals surface area contributed by atoms with Gasteiger partial charge in [0.2, 0.25) is 5.56 Å². The maximum atomic E-state index is 11.5. The monoisotopic (exact) mass is 449 g/mol. The number of unbranched alkanes of at least 4 members (excludes halogenated alkanes) is 1. The molecule has 0 spiro atoms. The molecule has 0 amide bonds. The van der Waals surface area contributed by atoms with Gasteiger partial charge in [-0.2, -0.15) is 0 Å². The molecule has 1 aliphatic rings. The average Bonchev–Trinajstić information content (AvgIpc) is 3.17. The van der Waals surface area contributed by atoms with Crippen molar-refractivity contribution in [1.29, 1.82) is 0 Å². The Balaban J connectivity index is 1.08. The number of hydrogen-bond acceptors (Lipinski definition) is 6. The number of thiophene rings is 1. The van der Waals surface area contributed by atoms with Crippen molar-refractivity contribution in [3.63, 3.8) is 0 Å². The number of nitrogens with one attached hydrogen (secondary N) is 1. The van der Waals surface area contributed by atoms with E-state index in [0.717, 1.165) is 61.4 Å². The summed E-state index contributed by atoms with van der Waals surface area (Å²) in [5.41, 5.74) is 1.87. The van der Waals surface area contributed by atoms with Crippen LogP contribution in [0.2, 0.25) is 0 Å². The fraction of sp³-hybridized carbons (Fsp3) is 0.320. The molecule has 0 atom stereocenters. The molecule has 0 radical (unpaired) electrons. The number of hydroxylamine groups is 1. The van der Waals surface area contributed by atoms with E-state index in [1.165, 1.54) is 10.1 Å². The van der Waals surface area contributed by atoms with Crippen LogP contribution in [0.4, 0.5) is 5.69 Å². The molecule has 3 heterocycles. The van der Waals surface area contributed by atoms with E-state index in [0.29, 0.717) is 13.2 Å². The summed E-state index contributed by atoms with van der Waals surface area (Å²) >= 11 is 1.77. The zero-order chi connectivity index (χ0) is 21.8. The summed E-state index contributed by atoms with van der Waals surface area (Å²) in [6.45, 7) is 5.19. The summed E-state index contributed by atoms with van der Waals surface area (Å²) in [6.07, 6.45) is 2.06. The molecule has 5 rings (SSSR count). The first-order chi connectivity index (χ1) is 15.8. The first kappa shape index (κ1) is 21.0. The molecule has 0 saturated carbocycles. The first-order valence-electron chi connectivity index (χ1n) is 11.1. The van der Waals surface area contributed by atoms with Gasteiger partial charge in [-0.15, -0.1) is 11.3 Å². The largest absolute Gasteiger partial charge is 0.494 e. The zero-order valence-electron chi connectivity index (χ0n) is 18.0. The van der Waals surface area contributed by atoms with E-state index in [4.69, 9.17) is 9.57 Å². The standard InChI is InChI=1S/C25H27N3O3S/c29-25-9-7-19-6-8-20(18-22(19)26-25)30-15-2-1-11-27-12-13-28(31-16-14-27)23-4-3-5-24-21(23)10-17-32-24/h3-10,17-18H,1-2,11-16H2,(H,26,29). The molecule has 1 aliphatic heterocycles. The Labute approximate surface area is 190 Å². The molecule has 6 nitrogen and oxygen atoms in total. The Kier molecular flexibility index (Phi) is 6.39. The molecule has 166 valence electrons. The average molecular weight is 450 g/mol. The van der Waals surface area contributed by atoms with E-state index in [1.54, 1.807) is 17.4 Å². The molecule has 32 heavy (non-hydrogen) atoms. The van der Waals surface area contributed by atoms with Crippen molar-refractivity contribution in [3.05, 3.63) is 70.3 Å². The van der Waals surface area contributed by atoms with Crippen molar-refractivity contribution in [1.82, 2.24) is 9.88 Å². The van der Waals surface area contributed by atoms with Crippen molar-refractivity contribution in [2.24, 2.45) is 0 Å². The minimum atomic E-state index is -0.0957. The SMILES string of the molecule is O=c1ccc2ccc(OCCCCN3CCON(c4cccc5sccc45)CC3)cc2[nH]1. The van der Waals surface area contributed by atoms with Gasteiger partial charge in [0, 0.05) is 35.3 Å². The van der Waals surface area contributed by atoms with Crippen molar-refractivity contribution in [2.75, 3.05) is 44.5 Å². The number of anilines is 1. The van der Waals surface area contributed by atoms with Gasteiger partial charge >= 0.3 is 0 Å². The van der Waals surface area contributed by atoms with Gasteiger partial charge in [-0.25, -0.2) is 0 Å².